The van der Waals surface area contributed by atoms with Gasteiger partial charge in [-0.1, -0.05) is 20.3 Å². The molecule has 0 aliphatic heterocycles. The van der Waals surface area contributed by atoms with E-state index in [4.69, 9.17) is 5.73 Å². The molecule has 1 amide bonds. The summed E-state index contributed by atoms with van der Waals surface area (Å²) in [6.07, 6.45) is 3.36. The van der Waals surface area contributed by atoms with Gasteiger partial charge in [0.05, 0.1) is 0 Å². The van der Waals surface area contributed by atoms with Crippen molar-refractivity contribution in [2.24, 2.45) is 5.73 Å². The highest BCUT2D eigenvalue weighted by atomic mass is 16.1. The van der Waals surface area contributed by atoms with Gasteiger partial charge in [-0.05, 0) is 26.7 Å². The number of amides is 1. The molecule has 0 bridgehead atoms. The van der Waals surface area contributed by atoms with E-state index in [9.17, 15) is 4.79 Å². The number of hydrogen-bond acceptors (Lipinski definition) is 2. The third-order valence-corrected chi connectivity index (χ3v) is 2.32. The quantitative estimate of drug-likeness (QED) is 0.687. The molecule has 1 atom stereocenters. The van der Waals surface area contributed by atoms with Gasteiger partial charge in [0.2, 0.25) is 5.91 Å². The largest absolute Gasteiger partial charge is 0.351 e. The number of nitrogens with two attached hydrogens (primary N) is 1. The predicted octanol–water partition coefficient (Wildman–Crippen LogP) is 1.81. The molecular formula is C11H24N2O. The molecule has 3 heteroatoms. The van der Waals surface area contributed by atoms with E-state index in [1.807, 2.05) is 20.8 Å². The summed E-state index contributed by atoms with van der Waals surface area (Å²) in [4.78, 5) is 11.5. The lowest BCUT2D eigenvalue weighted by Gasteiger charge is -2.26. The maximum absolute atomic E-state index is 11.5. The van der Waals surface area contributed by atoms with E-state index in [1.54, 1.807) is 0 Å². The highest BCUT2D eigenvalue weighted by Gasteiger charge is 2.19. The first-order valence-electron chi connectivity index (χ1n) is 5.48. The standard InChI is InChI=1S/C11H24N2O/c1-5-7-11(3,4)13-10(14)8-9(12)6-2/h9H,5-8,12H2,1-4H3,(H,13,14). The van der Waals surface area contributed by atoms with E-state index >= 15 is 0 Å². The Kier molecular flexibility index (Phi) is 5.77. The van der Waals surface area contributed by atoms with Crippen LogP contribution in [0, 0.1) is 0 Å². The number of carbonyl (C=O) groups is 1. The second kappa shape index (κ2) is 6.02. The van der Waals surface area contributed by atoms with E-state index in [1.165, 1.54) is 0 Å². The summed E-state index contributed by atoms with van der Waals surface area (Å²) in [6.45, 7) is 8.21. The lowest BCUT2D eigenvalue weighted by molar-refractivity contribution is -0.123. The number of nitrogens with one attached hydrogen (secondary N) is 1. The van der Waals surface area contributed by atoms with Gasteiger partial charge < -0.3 is 11.1 Å². The smallest absolute Gasteiger partial charge is 0.221 e. The van der Waals surface area contributed by atoms with Crippen molar-refractivity contribution in [1.82, 2.24) is 5.32 Å². The lowest BCUT2D eigenvalue weighted by atomic mass is 9.98. The molecule has 1 unspecified atom stereocenters. The number of carbonyl (C=O) groups excluding carboxylic acids is 1. The molecule has 0 aliphatic carbocycles. The van der Waals surface area contributed by atoms with Crippen molar-refractivity contribution in [1.29, 1.82) is 0 Å². The second-order valence-electron chi connectivity index (χ2n) is 4.55. The molecule has 3 nitrogen and oxygen atoms in total. The average Bonchev–Trinajstić information content (AvgIpc) is 2.02. The monoisotopic (exact) mass is 200 g/mol. The SMILES string of the molecule is CCCC(C)(C)NC(=O)CC(N)CC. The van der Waals surface area contributed by atoms with Crippen LogP contribution in [0.15, 0.2) is 0 Å². The van der Waals surface area contributed by atoms with Crippen molar-refractivity contribution >= 4 is 5.91 Å². The van der Waals surface area contributed by atoms with Crippen molar-refractivity contribution in [2.75, 3.05) is 0 Å². The molecular weight excluding hydrogens is 176 g/mol. The minimum Gasteiger partial charge on any atom is -0.351 e. The van der Waals surface area contributed by atoms with E-state index in [0.717, 1.165) is 19.3 Å². The van der Waals surface area contributed by atoms with Gasteiger partial charge in [-0.2, -0.15) is 0 Å². The topological polar surface area (TPSA) is 55.1 Å². The summed E-state index contributed by atoms with van der Waals surface area (Å²) in [5.74, 6) is 0.0674. The van der Waals surface area contributed by atoms with Crippen molar-refractivity contribution in [3.63, 3.8) is 0 Å². The zero-order valence-electron chi connectivity index (χ0n) is 9.89. The molecule has 0 saturated carbocycles. The van der Waals surface area contributed by atoms with Crippen LogP contribution >= 0.6 is 0 Å². The van der Waals surface area contributed by atoms with Crippen LogP contribution in [0.2, 0.25) is 0 Å². The molecule has 0 aromatic carbocycles. The Balaban J connectivity index is 3.92. The number of hydrogen-bond donors (Lipinski definition) is 2. The zero-order valence-corrected chi connectivity index (χ0v) is 9.89. The van der Waals surface area contributed by atoms with E-state index in [2.05, 4.69) is 12.2 Å². The van der Waals surface area contributed by atoms with Crippen molar-refractivity contribution in [3.05, 3.63) is 0 Å². The Morgan fingerprint density at radius 3 is 2.43 bits per heavy atom. The summed E-state index contributed by atoms with van der Waals surface area (Å²) in [5.41, 5.74) is 5.61. The first-order chi connectivity index (χ1) is 6.41. The molecule has 0 aliphatic rings. The fourth-order valence-corrected chi connectivity index (χ4v) is 1.50. The molecule has 3 N–H and O–H groups in total. The molecule has 0 saturated heterocycles. The van der Waals surface area contributed by atoms with Gasteiger partial charge in [0.15, 0.2) is 0 Å². The third kappa shape index (κ3) is 5.97. The zero-order chi connectivity index (χ0) is 11.2. The van der Waals surface area contributed by atoms with Crippen molar-refractivity contribution < 1.29 is 4.79 Å². The predicted molar refractivity (Wildman–Crippen MR) is 60.0 cm³/mol. The maximum Gasteiger partial charge on any atom is 0.221 e. The fourth-order valence-electron chi connectivity index (χ4n) is 1.50. The Labute approximate surface area is 87.4 Å². The van der Waals surface area contributed by atoms with Crippen LogP contribution in [0.3, 0.4) is 0 Å². The normalized spacial score (nSPS) is 13.8. The highest BCUT2D eigenvalue weighted by Crippen LogP contribution is 2.11. The summed E-state index contributed by atoms with van der Waals surface area (Å²) in [6, 6.07) is -0.00701. The van der Waals surface area contributed by atoms with Crippen LogP contribution in [0.4, 0.5) is 0 Å². The summed E-state index contributed by atoms with van der Waals surface area (Å²) in [5, 5.41) is 3.00. The molecule has 0 spiro atoms. The van der Waals surface area contributed by atoms with E-state index in [0.29, 0.717) is 6.42 Å². The van der Waals surface area contributed by atoms with Crippen LogP contribution in [0.5, 0.6) is 0 Å². The van der Waals surface area contributed by atoms with Gasteiger partial charge in [-0.3, -0.25) is 4.79 Å². The summed E-state index contributed by atoms with van der Waals surface area (Å²) in [7, 11) is 0. The Morgan fingerprint density at radius 1 is 1.43 bits per heavy atom. The minimum absolute atomic E-state index is 0.00701. The van der Waals surface area contributed by atoms with Crippen molar-refractivity contribution in [3.8, 4) is 0 Å². The van der Waals surface area contributed by atoms with Gasteiger partial charge in [-0.25, -0.2) is 0 Å². The summed E-state index contributed by atoms with van der Waals surface area (Å²) < 4.78 is 0. The van der Waals surface area contributed by atoms with Gasteiger partial charge >= 0.3 is 0 Å². The second-order valence-corrected chi connectivity index (χ2v) is 4.55. The van der Waals surface area contributed by atoms with E-state index in [-0.39, 0.29) is 17.5 Å². The van der Waals surface area contributed by atoms with Crippen LogP contribution in [-0.2, 0) is 4.79 Å². The average molecular weight is 200 g/mol. The third-order valence-electron chi connectivity index (χ3n) is 2.32. The van der Waals surface area contributed by atoms with Crippen molar-refractivity contribution in [2.45, 2.75) is 65.0 Å². The fraction of sp³-hybridized carbons (Fsp3) is 0.909. The number of rotatable bonds is 6. The molecule has 0 heterocycles. The molecule has 0 aromatic rings. The van der Waals surface area contributed by atoms with Crippen LogP contribution in [0.1, 0.15) is 53.4 Å². The molecule has 14 heavy (non-hydrogen) atoms. The molecule has 0 aromatic heterocycles. The molecule has 84 valence electrons. The first kappa shape index (κ1) is 13.4. The molecule has 0 radical (unpaired) electrons. The maximum atomic E-state index is 11.5. The van der Waals surface area contributed by atoms with Crippen LogP contribution in [-0.4, -0.2) is 17.5 Å². The minimum atomic E-state index is -0.0979. The molecule has 0 rings (SSSR count). The molecule has 0 fully saturated rings. The first-order valence-corrected chi connectivity index (χ1v) is 5.48. The van der Waals surface area contributed by atoms with Gasteiger partial charge in [0, 0.05) is 18.0 Å². The Hall–Kier alpha value is -0.570. The van der Waals surface area contributed by atoms with Crippen LogP contribution in [0.25, 0.3) is 0 Å². The van der Waals surface area contributed by atoms with Gasteiger partial charge in [-0.15, -0.1) is 0 Å². The van der Waals surface area contributed by atoms with Gasteiger partial charge in [0.25, 0.3) is 0 Å². The van der Waals surface area contributed by atoms with Crippen LogP contribution < -0.4 is 11.1 Å². The lowest BCUT2D eigenvalue weighted by Crippen LogP contribution is -2.45. The Morgan fingerprint density at radius 2 is 2.00 bits per heavy atom. The summed E-state index contributed by atoms with van der Waals surface area (Å²) >= 11 is 0. The Bertz CT molecular complexity index is 178. The van der Waals surface area contributed by atoms with Gasteiger partial charge in [0.1, 0.15) is 0 Å². The highest BCUT2D eigenvalue weighted by molar-refractivity contribution is 5.77. The van der Waals surface area contributed by atoms with E-state index < -0.39 is 0 Å².